The number of fused-ring (bicyclic) bond motifs is 1. The van der Waals surface area contributed by atoms with E-state index in [9.17, 15) is 9.59 Å². The largest absolute Gasteiger partial charge is 0.486 e. The zero-order chi connectivity index (χ0) is 17.9. The molecule has 7 nitrogen and oxygen atoms in total. The second-order valence-corrected chi connectivity index (χ2v) is 7.37. The Hall–Kier alpha value is -2.28. The van der Waals surface area contributed by atoms with Gasteiger partial charge in [0.2, 0.25) is 5.91 Å². The fourth-order valence-electron chi connectivity index (χ4n) is 4.77. The molecule has 1 spiro atoms. The number of benzene rings is 1. The zero-order valence-corrected chi connectivity index (χ0v) is 14.8. The topological polar surface area (TPSA) is 68.3 Å². The van der Waals surface area contributed by atoms with Crippen LogP contribution < -0.4 is 9.47 Å². The van der Waals surface area contributed by atoms with Gasteiger partial charge in [0, 0.05) is 25.1 Å². The van der Waals surface area contributed by atoms with Crippen LogP contribution in [0.5, 0.6) is 11.5 Å². The first kappa shape index (κ1) is 15.9. The summed E-state index contributed by atoms with van der Waals surface area (Å²) in [7, 11) is 0. The Morgan fingerprint density at radius 3 is 2.73 bits per heavy atom. The SMILES string of the molecule is Cc1cc2c(cc1C(=O)N1CC[C@@]34OCCCN3C(=O)C[C@@H]14)OCCO2. The minimum Gasteiger partial charge on any atom is -0.486 e. The molecule has 1 aromatic carbocycles. The van der Waals surface area contributed by atoms with Crippen LogP contribution in [0, 0.1) is 6.92 Å². The van der Waals surface area contributed by atoms with Crippen LogP contribution >= 0.6 is 0 Å². The molecule has 26 heavy (non-hydrogen) atoms. The van der Waals surface area contributed by atoms with Gasteiger partial charge in [-0.1, -0.05) is 0 Å². The van der Waals surface area contributed by atoms with E-state index < -0.39 is 5.72 Å². The van der Waals surface area contributed by atoms with Crippen molar-refractivity contribution >= 4 is 11.8 Å². The Bertz CT molecular complexity index is 794. The van der Waals surface area contributed by atoms with Crippen LogP contribution in [0.15, 0.2) is 12.1 Å². The maximum atomic E-state index is 13.3. The van der Waals surface area contributed by atoms with Crippen LogP contribution in [-0.4, -0.2) is 66.3 Å². The van der Waals surface area contributed by atoms with Gasteiger partial charge >= 0.3 is 0 Å². The predicted molar refractivity (Wildman–Crippen MR) is 91.2 cm³/mol. The van der Waals surface area contributed by atoms with Crippen LogP contribution in [0.2, 0.25) is 0 Å². The van der Waals surface area contributed by atoms with Crippen molar-refractivity contribution in [1.82, 2.24) is 9.80 Å². The lowest BCUT2D eigenvalue weighted by atomic mass is 10.0. The summed E-state index contributed by atoms with van der Waals surface area (Å²) in [6.07, 6.45) is 1.88. The normalized spacial score (nSPS) is 29.6. The minimum atomic E-state index is -0.618. The molecule has 0 unspecified atom stereocenters. The Morgan fingerprint density at radius 1 is 1.15 bits per heavy atom. The van der Waals surface area contributed by atoms with Crippen LogP contribution in [0.3, 0.4) is 0 Å². The molecule has 138 valence electrons. The van der Waals surface area contributed by atoms with E-state index in [1.165, 1.54) is 0 Å². The lowest BCUT2D eigenvalue weighted by molar-refractivity contribution is -0.179. The average molecular weight is 358 g/mol. The van der Waals surface area contributed by atoms with E-state index in [-0.39, 0.29) is 17.9 Å². The molecular weight excluding hydrogens is 336 g/mol. The number of likely N-dealkylation sites (tertiary alicyclic amines) is 1. The number of carbonyl (C=O) groups is 2. The Kier molecular flexibility index (Phi) is 3.44. The molecule has 0 saturated carbocycles. The molecule has 5 rings (SSSR count). The summed E-state index contributed by atoms with van der Waals surface area (Å²) in [6, 6.07) is 3.42. The van der Waals surface area contributed by atoms with Crippen molar-refractivity contribution in [1.29, 1.82) is 0 Å². The molecule has 3 saturated heterocycles. The lowest BCUT2D eigenvalue weighted by Gasteiger charge is -2.42. The third kappa shape index (κ3) is 2.09. The van der Waals surface area contributed by atoms with Gasteiger partial charge in [0.1, 0.15) is 13.2 Å². The van der Waals surface area contributed by atoms with E-state index >= 15 is 0 Å². The Morgan fingerprint density at radius 2 is 1.92 bits per heavy atom. The summed E-state index contributed by atoms with van der Waals surface area (Å²) < 4.78 is 17.3. The molecule has 4 heterocycles. The van der Waals surface area contributed by atoms with Crippen LogP contribution in [0.4, 0.5) is 0 Å². The number of carbonyl (C=O) groups excluding carboxylic acids is 2. The molecule has 1 aromatic rings. The summed E-state index contributed by atoms with van der Waals surface area (Å²) in [5.74, 6) is 1.31. The molecule has 0 aliphatic carbocycles. The van der Waals surface area contributed by atoms with Crippen molar-refractivity contribution in [2.45, 2.75) is 38.0 Å². The van der Waals surface area contributed by atoms with Crippen molar-refractivity contribution in [2.24, 2.45) is 0 Å². The monoisotopic (exact) mass is 358 g/mol. The second-order valence-electron chi connectivity index (χ2n) is 7.37. The fourth-order valence-corrected chi connectivity index (χ4v) is 4.77. The third-order valence-electron chi connectivity index (χ3n) is 5.99. The molecule has 3 fully saturated rings. The maximum Gasteiger partial charge on any atom is 0.254 e. The van der Waals surface area contributed by atoms with E-state index in [0.29, 0.717) is 56.3 Å². The highest BCUT2D eigenvalue weighted by Gasteiger charge is 2.61. The van der Waals surface area contributed by atoms with Crippen molar-refractivity contribution < 1.29 is 23.8 Å². The number of ether oxygens (including phenoxy) is 3. The summed E-state index contributed by atoms with van der Waals surface area (Å²) in [6.45, 7) is 4.87. The smallest absolute Gasteiger partial charge is 0.254 e. The number of rotatable bonds is 1. The molecule has 4 aliphatic rings. The quantitative estimate of drug-likeness (QED) is 0.758. The number of aryl methyl sites for hydroxylation is 1. The van der Waals surface area contributed by atoms with Gasteiger partial charge in [-0.3, -0.25) is 9.59 Å². The second kappa shape index (κ2) is 5.61. The fraction of sp³-hybridized carbons (Fsp3) is 0.579. The van der Waals surface area contributed by atoms with Gasteiger partial charge < -0.3 is 24.0 Å². The third-order valence-corrected chi connectivity index (χ3v) is 5.99. The van der Waals surface area contributed by atoms with Gasteiger partial charge in [0.25, 0.3) is 5.91 Å². The first-order chi connectivity index (χ1) is 12.6. The van der Waals surface area contributed by atoms with Crippen LogP contribution in [-0.2, 0) is 9.53 Å². The molecule has 0 bridgehead atoms. The molecule has 0 N–H and O–H groups in total. The van der Waals surface area contributed by atoms with E-state index in [0.717, 1.165) is 18.5 Å². The average Bonchev–Trinajstić information content (AvgIpc) is 3.13. The highest BCUT2D eigenvalue weighted by Crippen LogP contribution is 2.45. The van der Waals surface area contributed by atoms with Gasteiger partial charge in [0.05, 0.1) is 19.1 Å². The van der Waals surface area contributed by atoms with Crippen LogP contribution in [0.25, 0.3) is 0 Å². The summed E-state index contributed by atoms with van der Waals surface area (Å²) in [4.78, 5) is 29.4. The lowest BCUT2D eigenvalue weighted by Crippen LogP contribution is -2.56. The standard InChI is InChI=1S/C19H22N2O5/c1-12-9-14-15(25-8-7-24-14)10-13(12)18(23)20-5-3-19-16(20)11-17(22)21(19)4-2-6-26-19/h9-10,16H,2-8,11H2,1H3/t16-,19+/m1/s1. The van der Waals surface area contributed by atoms with E-state index in [1.807, 2.05) is 22.8 Å². The molecule has 2 atom stereocenters. The first-order valence-corrected chi connectivity index (χ1v) is 9.26. The number of nitrogens with zero attached hydrogens (tertiary/aromatic N) is 2. The summed E-state index contributed by atoms with van der Waals surface area (Å²) in [5.41, 5.74) is 0.839. The van der Waals surface area contributed by atoms with Gasteiger partial charge in [-0.05, 0) is 31.0 Å². The van der Waals surface area contributed by atoms with Gasteiger partial charge in [0.15, 0.2) is 17.2 Å². The molecule has 4 aliphatic heterocycles. The Balaban J connectivity index is 1.48. The van der Waals surface area contributed by atoms with Crippen molar-refractivity contribution in [3.05, 3.63) is 23.3 Å². The minimum absolute atomic E-state index is 0.0647. The summed E-state index contributed by atoms with van der Waals surface area (Å²) >= 11 is 0. The van der Waals surface area contributed by atoms with Gasteiger partial charge in [-0.2, -0.15) is 0 Å². The van der Waals surface area contributed by atoms with E-state index in [4.69, 9.17) is 14.2 Å². The molecule has 2 amide bonds. The zero-order valence-electron chi connectivity index (χ0n) is 14.8. The van der Waals surface area contributed by atoms with Crippen LogP contribution in [0.1, 0.15) is 35.2 Å². The van der Waals surface area contributed by atoms with E-state index in [1.54, 1.807) is 6.07 Å². The van der Waals surface area contributed by atoms with Crippen molar-refractivity contribution in [3.8, 4) is 11.5 Å². The highest BCUT2D eigenvalue weighted by atomic mass is 16.6. The van der Waals surface area contributed by atoms with E-state index in [2.05, 4.69) is 0 Å². The first-order valence-electron chi connectivity index (χ1n) is 9.26. The van der Waals surface area contributed by atoms with Crippen molar-refractivity contribution in [3.63, 3.8) is 0 Å². The number of hydrogen-bond donors (Lipinski definition) is 0. The summed E-state index contributed by atoms with van der Waals surface area (Å²) in [5, 5.41) is 0. The predicted octanol–water partition coefficient (Wildman–Crippen LogP) is 1.33. The molecule has 0 aromatic heterocycles. The number of hydrogen-bond acceptors (Lipinski definition) is 5. The van der Waals surface area contributed by atoms with Gasteiger partial charge in [-0.25, -0.2) is 0 Å². The molecular formula is C19H22N2O5. The van der Waals surface area contributed by atoms with Gasteiger partial charge in [-0.15, -0.1) is 0 Å². The van der Waals surface area contributed by atoms with Crippen molar-refractivity contribution in [2.75, 3.05) is 32.9 Å². The molecule has 0 radical (unpaired) electrons. The highest BCUT2D eigenvalue weighted by molar-refractivity contribution is 5.98. The number of amides is 2. The maximum absolute atomic E-state index is 13.3. The Labute approximate surface area is 151 Å². The molecule has 7 heteroatoms.